The monoisotopic (exact) mass is 385 g/mol. The fourth-order valence-electron chi connectivity index (χ4n) is 2.27. The number of anilines is 1. The van der Waals surface area contributed by atoms with E-state index in [9.17, 15) is 9.59 Å². The molecule has 2 N–H and O–H groups in total. The molecule has 0 fully saturated rings. The van der Waals surface area contributed by atoms with Crippen molar-refractivity contribution in [1.29, 1.82) is 0 Å². The van der Waals surface area contributed by atoms with E-state index in [-0.39, 0.29) is 5.70 Å². The van der Waals surface area contributed by atoms with Crippen LogP contribution in [0.15, 0.2) is 109 Å². The molecule has 5 heteroatoms. The average Bonchev–Trinajstić information content (AvgIpc) is 2.73. The van der Waals surface area contributed by atoms with Crippen LogP contribution in [0.1, 0.15) is 12.5 Å². The van der Waals surface area contributed by atoms with Gasteiger partial charge in [0.15, 0.2) is 0 Å². The number of benzene rings is 1. The summed E-state index contributed by atoms with van der Waals surface area (Å²) in [5.41, 5.74) is 2.33. The first kappa shape index (κ1) is 21.3. The maximum Gasteiger partial charge on any atom is 0.272 e. The fourth-order valence-corrected chi connectivity index (χ4v) is 2.27. The Morgan fingerprint density at radius 2 is 1.86 bits per heavy atom. The Labute approximate surface area is 170 Å². The second-order valence-electron chi connectivity index (χ2n) is 6.02. The van der Waals surface area contributed by atoms with Crippen LogP contribution in [0.5, 0.6) is 0 Å². The Morgan fingerprint density at radius 1 is 1.07 bits per heavy atom. The van der Waals surface area contributed by atoms with E-state index >= 15 is 0 Å². The number of nitrogens with one attached hydrogen (secondary N) is 2. The lowest BCUT2D eigenvalue weighted by molar-refractivity contribution is -0.118. The molecule has 2 rings (SSSR count). The molecule has 0 atom stereocenters. The predicted octanol–water partition coefficient (Wildman–Crippen LogP) is 4.42. The van der Waals surface area contributed by atoms with E-state index in [1.165, 1.54) is 12.3 Å². The lowest BCUT2D eigenvalue weighted by atomic mass is 10.2. The van der Waals surface area contributed by atoms with Crippen molar-refractivity contribution in [3.63, 3.8) is 0 Å². The molecule has 0 saturated heterocycles. The zero-order valence-electron chi connectivity index (χ0n) is 16.2. The van der Waals surface area contributed by atoms with Gasteiger partial charge in [-0.3, -0.25) is 14.6 Å². The molecule has 0 saturated carbocycles. The van der Waals surface area contributed by atoms with Gasteiger partial charge in [-0.1, -0.05) is 61.2 Å². The maximum absolute atomic E-state index is 12.7. The van der Waals surface area contributed by atoms with E-state index < -0.39 is 11.8 Å². The molecule has 29 heavy (non-hydrogen) atoms. The van der Waals surface area contributed by atoms with Crippen LogP contribution in [0.25, 0.3) is 6.08 Å². The first-order valence-corrected chi connectivity index (χ1v) is 9.01. The highest BCUT2D eigenvalue weighted by atomic mass is 16.2. The van der Waals surface area contributed by atoms with Gasteiger partial charge in [-0.25, -0.2) is 0 Å². The molecule has 146 valence electrons. The minimum absolute atomic E-state index is 0.123. The summed E-state index contributed by atoms with van der Waals surface area (Å²) in [6.07, 6.45) is 14.8. The Kier molecular flexibility index (Phi) is 8.57. The summed E-state index contributed by atoms with van der Waals surface area (Å²) in [6, 6.07) is 12.9. The van der Waals surface area contributed by atoms with Gasteiger partial charge in [0.2, 0.25) is 5.91 Å². The first-order valence-electron chi connectivity index (χ1n) is 9.01. The van der Waals surface area contributed by atoms with Crippen molar-refractivity contribution in [2.75, 3.05) is 5.32 Å². The second-order valence-corrected chi connectivity index (χ2v) is 6.02. The minimum atomic E-state index is -0.445. The number of allylic oxidation sites excluding steroid dienone is 6. The summed E-state index contributed by atoms with van der Waals surface area (Å²) in [7, 11) is 0. The van der Waals surface area contributed by atoms with Crippen LogP contribution in [0, 0.1) is 0 Å². The number of carbonyl (C=O) groups excluding carboxylic acids is 2. The molecule has 1 heterocycles. The molecular formula is C24H23N3O2. The van der Waals surface area contributed by atoms with Crippen LogP contribution in [-0.2, 0) is 9.59 Å². The first-order chi connectivity index (χ1) is 14.1. The van der Waals surface area contributed by atoms with Crippen molar-refractivity contribution >= 4 is 23.6 Å². The smallest absolute Gasteiger partial charge is 0.272 e. The van der Waals surface area contributed by atoms with Gasteiger partial charge in [0.1, 0.15) is 5.70 Å². The van der Waals surface area contributed by atoms with Crippen molar-refractivity contribution in [3.8, 4) is 0 Å². The van der Waals surface area contributed by atoms with Crippen LogP contribution in [-0.4, -0.2) is 16.8 Å². The molecule has 1 aromatic heterocycles. The third-order valence-corrected chi connectivity index (χ3v) is 3.63. The molecule has 0 aliphatic rings. The highest BCUT2D eigenvalue weighted by Crippen LogP contribution is 2.08. The number of amides is 2. The SMILES string of the molecule is C=C\C=C/C=C(C)/C=C(\NC(=O)/C=C/c1ccccc1)C(=O)Nc1cccnc1. The van der Waals surface area contributed by atoms with Gasteiger partial charge >= 0.3 is 0 Å². The number of rotatable bonds is 8. The molecule has 0 unspecified atom stereocenters. The highest BCUT2D eigenvalue weighted by Gasteiger charge is 2.12. The van der Waals surface area contributed by atoms with E-state index in [0.29, 0.717) is 5.69 Å². The standard InChI is InChI=1S/C24H23N3O2/c1-3-4-6-10-19(2)17-22(24(29)26-21-13-9-16-25-18-21)27-23(28)15-14-20-11-7-5-8-12-20/h3-18H,1H2,2H3,(H,26,29)(H,27,28)/b6-4-,15-14+,19-10+,22-17-. The third kappa shape index (κ3) is 8.05. The number of hydrogen-bond acceptors (Lipinski definition) is 3. The molecular weight excluding hydrogens is 362 g/mol. The second kappa shape index (κ2) is 11.7. The van der Waals surface area contributed by atoms with E-state index in [0.717, 1.165) is 11.1 Å². The van der Waals surface area contributed by atoms with E-state index in [2.05, 4.69) is 22.2 Å². The Bertz CT molecular complexity index is 956. The van der Waals surface area contributed by atoms with Gasteiger partial charge in [0.05, 0.1) is 11.9 Å². The summed E-state index contributed by atoms with van der Waals surface area (Å²) < 4.78 is 0. The highest BCUT2D eigenvalue weighted by molar-refractivity contribution is 6.07. The Hall–Kier alpha value is -3.99. The third-order valence-electron chi connectivity index (χ3n) is 3.63. The van der Waals surface area contributed by atoms with Gasteiger partial charge in [0.25, 0.3) is 5.91 Å². The number of nitrogens with zero attached hydrogens (tertiary/aromatic N) is 1. The van der Waals surface area contributed by atoms with Crippen molar-refractivity contribution in [2.45, 2.75) is 6.92 Å². The molecule has 2 amide bonds. The molecule has 0 radical (unpaired) electrons. The van der Waals surface area contributed by atoms with Crippen molar-refractivity contribution in [1.82, 2.24) is 10.3 Å². The molecule has 0 aliphatic carbocycles. The lowest BCUT2D eigenvalue weighted by Gasteiger charge is -2.10. The van der Waals surface area contributed by atoms with Crippen LogP contribution >= 0.6 is 0 Å². The molecule has 0 bridgehead atoms. The van der Waals surface area contributed by atoms with Gasteiger partial charge in [-0.15, -0.1) is 0 Å². The van der Waals surface area contributed by atoms with E-state index in [1.54, 1.807) is 48.7 Å². The van der Waals surface area contributed by atoms with Gasteiger partial charge in [0, 0.05) is 12.3 Å². The number of carbonyl (C=O) groups is 2. The van der Waals surface area contributed by atoms with Crippen molar-refractivity contribution in [2.24, 2.45) is 0 Å². The molecule has 0 spiro atoms. The largest absolute Gasteiger partial charge is 0.319 e. The Balaban J connectivity index is 2.18. The van der Waals surface area contributed by atoms with E-state index in [1.807, 2.05) is 43.3 Å². The van der Waals surface area contributed by atoms with Gasteiger partial charge < -0.3 is 10.6 Å². The van der Waals surface area contributed by atoms with Gasteiger partial charge in [-0.05, 0) is 42.3 Å². The zero-order valence-corrected chi connectivity index (χ0v) is 16.2. The molecule has 1 aromatic carbocycles. The van der Waals surface area contributed by atoms with Crippen molar-refractivity contribution < 1.29 is 9.59 Å². The molecule has 0 aliphatic heterocycles. The van der Waals surface area contributed by atoms with Crippen LogP contribution in [0.2, 0.25) is 0 Å². The van der Waals surface area contributed by atoms with Crippen LogP contribution in [0.3, 0.4) is 0 Å². The molecule has 5 nitrogen and oxygen atoms in total. The fraction of sp³-hybridized carbons (Fsp3) is 0.0417. The lowest BCUT2D eigenvalue weighted by Crippen LogP contribution is -2.29. The summed E-state index contributed by atoms with van der Waals surface area (Å²) in [5, 5.41) is 5.37. The summed E-state index contributed by atoms with van der Waals surface area (Å²) in [4.78, 5) is 29.0. The predicted molar refractivity (Wildman–Crippen MR) is 118 cm³/mol. The number of aromatic nitrogens is 1. The summed E-state index contributed by atoms with van der Waals surface area (Å²) in [6.45, 7) is 5.44. The minimum Gasteiger partial charge on any atom is -0.319 e. The van der Waals surface area contributed by atoms with Crippen LogP contribution < -0.4 is 10.6 Å². The zero-order chi connectivity index (χ0) is 20.9. The van der Waals surface area contributed by atoms with E-state index in [4.69, 9.17) is 0 Å². The normalized spacial score (nSPS) is 12.2. The van der Waals surface area contributed by atoms with Gasteiger partial charge in [-0.2, -0.15) is 0 Å². The average molecular weight is 385 g/mol. The maximum atomic E-state index is 12.7. The summed E-state index contributed by atoms with van der Waals surface area (Å²) >= 11 is 0. The summed E-state index contributed by atoms with van der Waals surface area (Å²) in [5.74, 6) is -0.851. The number of hydrogen-bond donors (Lipinski definition) is 2. The topological polar surface area (TPSA) is 71.1 Å². The molecule has 2 aromatic rings. The Morgan fingerprint density at radius 3 is 2.55 bits per heavy atom. The van der Waals surface area contributed by atoms with Crippen LogP contribution in [0.4, 0.5) is 5.69 Å². The number of pyridine rings is 1. The quantitative estimate of drug-likeness (QED) is 0.522. The van der Waals surface area contributed by atoms with Crippen molar-refractivity contribution in [3.05, 3.63) is 115 Å².